The second kappa shape index (κ2) is 9.18. The van der Waals surface area contributed by atoms with Gasteiger partial charge in [0.15, 0.2) is 6.61 Å². The van der Waals surface area contributed by atoms with Crippen LogP contribution in [0, 0.1) is 11.7 Å². The summed E-state index contributed by atoms with van der Waals surface area (Å²) < 4.78 is 18.2. The highest BCUT2D eigenvalue weighted by molar-refractivity contribution is 5.95. The smallest absolute Gasteiger partial charge is 0.255 e. The zero-order valence-electron chi connectivity index (χ0n) is 15.8. The zero-order valence-corrected chi connectivity index (χ0v) is 15.8. The van der Waals surface area contributed by atoms with E-state index in [0.29, 0.717) is 42.9 Å². The van der Waals surface area contributed by atoms with Crippen molar-refractivity contribution in [3.63, 3.8) is 0 Å². The van der Waals surface area contributed by atoms with E-state index in [0.717, 1.165) is 0 Å². The SMILES string of the molecule is NC(=O)COc1ccc(NC(=O)C2CCN(C(=O)c3ccc(F)cc3)CC2)cc1. The van der Waals surface area contributed by atoms with E-state index in [1.807, 2.05) is 0 Å². The van der Waals surface area contributed by atoms with E-state index in [-0.39, 0.29) is 30.2 Å². The summed E-state index contributed by atoms with van der Waals surface area (Å²) in [6, 6.07) is 12.1. The topological polar surface area (TPSA) is 102 Å². The Kier molecular flexibility index (Phi) is 6.43. The molecular weight excluding hydrogens is 377 g/mol. The number of carbonyl (C=O) groups excluding carboxylic acids is 3. The highest BCUT2D eigenvalue weighted by atomic mass is 19.1. The summed E-state index contributed by atoms with van der Waals surface area (Å²) >= 11 is 0. The molecule has 0 aromatic heterocycles. The summed E-state index contributed by atoms with van der Waals surface area (Å²) in [5.74, 6) is -0.927. The first-order valence-corrected chi connectivity index (χ1v) is 9.29. The number of halogens is 1. The van der Waals surface area contributed by atoms with Crippen molar-refractivity contribution >= 4 is 23.4 Å². The molecule has 0 spiro atoms. The number of likely N-dealkylation sites (tertiary alicyclic amines) is 1. The molecule has 3 N–H and O–H groups in total. The maximum absolute atomic E-state index is 13.0. The minimum atomic E-state index is -0.563. The van der Waals surface area contributed by atoms with Crippen molar-refractivity contribution in [1.29, 1.82) is 0 Å². The number of nitrogens with two attached hydrogens (primary N) is 1. The van der Waals surface area contributed by atoms with Gasteiger partial charge in [-0.1, -0.05) is 0 Å². The van der Waals surface area contributed by atoms with Gasteiger partial charge in [-0.3, -0.25) is 14.4 Å². The lowest BCUT2D eigenvalue weighted by molar-refractivity contribution is -0.121. The van der Waals surface area contributed by atoms with Crippen LogP contribution in [0.2, 0.25) is 0 Å². The maximum atomic E-state index is 13.0. The van der Waals surface area contributed by atoms with Crippen LogP contribution in [-0.2, 0) is 9.59 Å². The Morgan fingerprint density at radius 1 is 1.03 bits per heavy atom. The van der Waals surface area contributed by atoms with Gasteiger partial charge in [-0.15, -0.1) is 0 Å². The predicted molar refractivity (Wildman–Crippen MR) is 105 cm³/mol. The number of hydrogen-bond donors (Lipinski definition) is 2. The number of carbonyl (C=O) groups is 3. The van der Waals surface area contributed by atoms with Crippen LogP contribution in [0.3, 0.4) is 0 Å². The second-order valence-electron chi connectivity index (χ2n) is 6.84. The number of anilines is 1. The maximum Gasteiger partial charge on any atom is 0.255 e. The van der Waals surface area contributed by atoms with E-state index < -0.39 is 5.91 Å². The average Bonchev–Trinajstić information content (AvgIpc) is 2.73. The van der Waals surface area contributed by atoms with E-state index in [4.69, 9.17) is 10.5 Å². The standard InChI is InChI=1S/C21H22FN3O4/c22-16-3-1-15(2-4-16)21(28)25-11-9-14(10-12-25)20(27)24-17-5-7-18(8-6-17)29-13-19(23)26/h1-8,14H,9-13H2,(H2,23,26)(H,24,27). The van der Waals surface area contributed by atoms with Gasteiger partial charge in [0.05, 0.1) is 0 Å². The van der Waals surface area contributed by atoms with E-state index in [9.17, 15) is 18.8 Å². The minimum absolute atomic E-state index is 0.107. The van der Waals surface area contributed by atoms with Gasteiger partial charge in [-0.2, -0.15) is 0 Å². The van der Waals surface area contributed by atoms with Crippen molar-refractivity contribution in [2.45, 2.75) is 12.8 Å². The molecule has 0 atom stereocenters. The quantitative estimate of drug-likeness (QED) is 0.777. The molecule has 0 unspecified atom stereocenters. The summed E-state index contributed by atoms with van der Waals surface area (Å²) in [4.78, 5) is 37.4. The highest BCUT2D eigenvalue weighted by Gasteiger charge is 2.27. The third kappa shape index (κ3) is 5.54. The highest BCUT2D eigenvalue weighted by Crippen LogP contribution is 2.22. The van der Waals surface area contributed by atoms with Gasteiger partial charge in [-0.25, -0.2) is 4.39 Å². The van der Waals surface area contributed by atoms with Gasteiger partial charge >= 0.3 is 0 Å². The molecule has 1 saturated heterocycles. The van der Waals surface area contributed by atoms with E-state index in [1.165, 1.54) is 24.3 Å². The largest absolute Gasteiger partial charge is 0.484 e. The normalized spacial score (nSPS) is 14.3. The molecule has 8 heteroatoms. The first-order valence-electron chi connectivity index (χ1n) is 9.29. The molecule has 29 heavy (non-hydrogen) atoms. The molecule has 1 heterocycles. The first-order chi connectivity index (χ1) is 13.9. The molecule has 0 bridgehead atoms. The van der Waals surface area contributed by atoms with Crippen LogP contribution in [0.25, 0.3) is 0 Å². The van der Waals surface area contributed by atoms with Gasteiger partial charge < -0.3 is 20.7 Å². The molecule has 1 aliphatic heterocycles. The number of rotatable bonds is 6. The van der Waals surface area contributed by atoms with Gasteiger partial charge in [0.2, 0.25) is 5.91 Å². The van der Waals surface area contributed by atoms with Crippen LogP contribution in [0.5, 0.6) is 5.75 Å². The number of hydrogen-bond acceptors (Lipinski definition) is 4. The Labute approximate surface area is 167 Å². The van der Waals surface area contributed by atoms with Gasteiger partial charge in [-0.05, 0) is 61.4 Å². The molecule has 0 saturated carbocycles. The third-order valence-corrected chi connectivity index (χ3v) is 4.75. The number of nitrogens with one attached hydrogen (secondary N) is 1. The van der Waals surface area contributed by atoms with Crippen molar-refractivity contribution in [2.24, 2.45) is 11.7 Å². The molecule has 152 valence electrons. The van der Waals surface area contributed by atoms with Crippen molar-refractivity contribution in [2.75, 3.05) is 25.0 Å². The summed E-state index contributed by atoms with van der Waals surface area (Å²) in [6.07, 6.45) is 1.11. The van der Waals surface area contributed by atoms with Crippen LogP contribution in [0.4, 0.5) is 10.1 Å². The Morgan fingerprint density at radius 3 is 2.24 bits per heavy atom. The Bertz CT molecular complexity index is 876. The number of nitrogens with zero attached hydrogens (tertiary/aromatic N) is 1. The predicted octanol–water partition coefficient (Wildman–Crippen LogP) is 2.18. The van der Waals surface area contributed by atoms with Crippen LogP contribution < -0.4 is 15.8 Å². The first kappa shape index (κ1) is 20.3. The van der Waals surface area contributed by atoms with Gasteiger partial charge in [0.1, 0.15) is 11.6 Å². The molecule has 7 nitrogen and oxygen atoms in total. The molecule has 1 aliphatic rings. The van der Waals surface area contributed by atoms with Crippen molar-refractivity contribution in [3.8, 4) is 5.75 Å². The number of ether oxygens (including phenoxy) is 1. The molecule has 3 amide bonds. The molecule has 2 aromatic rings. The van der Waals surface area contributed by atoms with E-state index >= 15 is 0 Å². The second-order valence-corrected chi connectivity index (χ2v) is 6.84. The molecular formula is C21H22FN3O4. The van der Waals surface area contributed by atoms with Crippen molar-refractivity contribution in [3.05, 3.63) is 59.9 Å². The monoisotopic (exact) mass is 399 g/mol. The molecule has 0 aliphatic carbocycles. The average molecular weight is 399 g/mol. The number of benzene rings is 2. The van der Waals surface area contributed by atoms with Crippen LogP contribution in [-0.4, -0.2) is 42.3 Å². The summed E-state index contributed by atoms with van der Waals surface area (Å²) in [6.45, 7) is 0.726. The number of piperidine rings is 1. The lowest BCUT2D eigenvalue weighted by Gasteiger charge is -2.31. The van der Waals surface area contributed by atoms with Crippen molar-refractivity contribution in [1.82, 2.24) is 4.90 Å². The Hall–Kier alpha value is -3.42. The number of amides is 3. The minimum Gasteiger partial charge on any atom is -0.484 e. The summed E-state index contributed by atoms with van der Waals surface area (Å²) in [7, 11) is 0. The van der Waals surface area contributed by atoms with Gasteiger partial charge in [0.25, 0.3) is 11.8 Å². The fourth-order valence-corrected chi connectivity index (χ4v) is 3.15. The van der Waals surface area contributed by atoms with E-state index in [2.05, 4.69) is 5.32 Å². The fraction of sp³-hybridized carbons (Fsp3) is 0.286. The Balaban J connectivity index is 1.49. The van der Waals surface area contributed by atoms with Crippen LogP contribution in [0.1, 0.15) is 23.2 Å². The lowest BCUT2D eigenvalue weighted by Crippen LogP contribution is -2.41. The molecule has 1 fully saturated rings. The van der Waals surface area contributed by atoms with Crippen molar-refractivity contribution < 1.29 is 23.5 Å². The summed E-state index contributed by atoms with van der Waals surface area (Å²) in [5.41, 5.74) is 6.08. The number of primary amides is 1. The van der Waals surface area contributed by atoms with Crippen LogP contribution >= 0.6 is 0 Å². The van der Waals surface area contributed by atoms with Crippen LogP contribution in [0.15, 0.2) is 48.5 Å². The Morgan fingerprint density at radius 2 is 1.66 bits per heavy atom. The molecule has 0 radical (unpaired) electrons. The zero-order chi connectivity index (χ0) is 20.8. The fourth-order valence-electron chi connectivity index (χ4n) is 3.15. The molecule has 2 aromatic carbocycles. The summed E-state index contributed by atoms with van der Waals surface area (Å²) in [5, 5.41) is 2.85. The lowest BCUT2D eigenvalue weighted by atomic mass is 9.95. The van der Waals surface area contributed by atoms with E-state index in [1.54, 1.807) is 29.2 Å². The van der Waals surface area contributed by atoms with Gasteiger partial charge in [0, 0.05) is 30.3 Å². The third-order valence-electron chi connectivity index (χ3n) is 4.75. The molecule has 3 rings (SSSR count).